The van der Waals surface area contributed by atoms with E-state index in [1.54, 1.807) is 0 Å². The van der Waals surface area contributed by atoms with E-state index in [4.69, 9.17) is 15.6 Å². The maximum atomic E-state index is 8.61. The smallest absolute Gasteiger partial charge is 0.0807 e. The van der Waals surface area contributed by atoms with E-state index in [-0.39, 0.29) is 18.8 Å². The molecule has 0 aromatic carbocycles. The summed E-state index contributed by atoms with van der Waals surface area (Å²) in [6.07, 6.45) is 1.92. The molecule has 0 bridgehead atoms. The Morgan fingerprint density at radius 3 is 2.78 bits per heavy atom. The maximum absolute atomic E-state index is 8.61. The predicted molar refractivity (Wildman–Crippen MR) is 34.0 cm³/mol. The van der Waals surface area contributed by atoms with Crippen molar-refractivity contribution >= 4 is 0 Å². The zero-order valence-corrected chi connectivity index (χ0v) is 5.42. The molecule has 0 radical (unpaired) electrons. The molecular formula is C6H13NO2. The van der Waals surface area contributed by atoms with E-state index in [2.05, 4.69) is 0 Å². The first-order valence-electron chi connectivity index (χ1n) is 3.31. The highest BCUT2D eigenvalue weighted by Gasteiger charge is 2.17. The highest BCUT2D eigenvalue weighted by atomic mass is 16.5. The van der Waals surface area contributed by atoms with Crippen LogP contribution in [0.1, 0.15) is 12.8 Å². The normalized spacial score (nSPS) is 36.7. The second-order valence-electron chi connectivity index (χ2n) is 2.48. The molecule has 1 heterocycles. The molecule has 3 heteroatoms. The van der Waals surface area contributed by atoms with Crippen molar-refractivity contribution in [3.63, 3.8) is 0 Å². The van der Waals surface area contributed by atoms with E-state index >= 15 is 0 Å². The topological polar surface area (TPSA) is 55.5 Å². The van der Waals surface area contributed by atoms with Gasteiger partial charge in [-0.15, -0.1) is 0 Å². The summed E-state index contributed by atoms with van der Waals surface area (Å²) in [7, 11) is 0. The van der Waals surface area contributed by atoms with Gasteiger partial charge in [-0.05, 0) is 12.8 Å². The Morgan fingerprint density at radius 2 is 2.33 bits per heavy atom. The van der Waals surface area contributed by atoms with Gasteiger partial charge in [0.2, 0.25) is 0 Å². The highest BCUT2D eigenvalue weighted by molar-refractivity contribution is 4.70. The number of hydrogen-bond donors (Lipinski definition) is 2. The average Bonchev–Trinajstić information content (AvgIpc) is 1.90. The molecule has 0 amide bonds. The standard InChI is InChI=1S/C6H13NO2/c7-5-1-2-6(3-8)9-4-5/h5-6,8H,1-4,7H2/t5-,6-/m1/s1. The number of nitrogens with two attached hydrogens (primary N) is 1. The molecule has 1 aliphatic rings. The molecule has 3 N–H and O–H groups in total. The van der Waals surface area contributed by atoms with Crippen LogP contribution in [0.15, 0.2) is 0 Å². The lowest BCUT2D eigenvalue weighted by atomic mass is 10.1. The number of aliphatic hydroxyl groups excluding tert-OH is 1. The summed E-state index contributed by atoms with van der Waals surface area (Å²) in [6, 6.07) is 0.188. The molecule has 0 aromatic rings. The Hall–Kier alpha value is -0.120. The third-order valence-electron chi connectivity index (χ3n) is 1.61. The fourth-order valence-corrected chi connectivity index (χ4v) is 0.970. The predicted octanol–water partition coefficient (Wildman–Crippen LogP) is -0.515. The van der Waals surface area contributed by atoms with Crippen LogP contribution in [0.2, 0.25) is 0 Å². The molecule has 0 saturated carbocycles. The van der Waals surface area contributed by atoms with Crippen molar-refractivity contribution < 1.29 is 9.84 Å². The minimum absolute atomic E-state index is 0.0461. The van der Waals surface area contributed by atoms with Gasteiger partial charge in [-0.25, -0.2) is 0 Å². The van der Waals surface area contributed by atoms with Crippen LogP contribution in [0, 0.1) is 0 Å². The number of rotatable bonds is 1. The van der Waals surface area contributed by atoms with Crippen molar-refractivity contribution in [3.05, 3.63) is 0 Å². The van der Waals surface area contributed by atoms with E-state index in [0.717, 1.165) is 12.8 Å². The summed E-state index contributed by atoms with van der Waals surface area (Å²) in [4.78, 5) is 0. The molecule has 1 rings (SSSR count). The monoisotopic (exact) mass is 131 g/mol. The number of aliphatic hydroxyl groups is 1. The molecule has 9 heavy (non-hydrogen) atoms. The highest BCUT2D eigenvalue weighted by Crippen LogP contribution is 2.10. The van der Waals surface area contributed by atoms with Crippen LogP contribution in [0.4, 0.5) is 0 Å². The van der Waals surface area contributed by atoms with E-state index in [0.29, 0.717) is 6.61 Å². The number of ether oxygens (including phenoxy) is 1. The molecule has 54 valence electrons. The van der Waals surface area contributed by atoms with Gasteiger partial charge in [-0.3, -0.25) is 0 Å². The van der Waals surface area contributed by atoms with Crippen molar-refractivity contribution in [1.82, 2.24) is 0 Å². The lowest BCUT2D eigenvalue weighted by molar-refractivity contribution is -0.0254. The first-order valence-corrected chi connectivity index (χ1v) is 3.31. The Bertz CT molecular complexity index is 79.1. The lowest BCUT2D eigenvalue weighted by Gasteiger charge is -2.24. The first-order chi connectivity index (χ1) is 4.33. The average molecular weight is 131 g/mol. The fraction of sp³-hybridized carbons (Fsp3) is 1.00. The number of hydrogen-bond acceptors (Lipinski definition) is 3. The molecule has 1 aliphatic heterocycles. The van der Waals surface area contributed by atoms with Gasteiger partial charge in [0.25, 0.3) is 0 Å². The fourth-order valence-electron chi connectivity index (χ4n) is 0.970. The van der Waals surface area contributed by atoms with Gasteiger partial charge in [0, 0.05) is 6.04 Å². The van der Waals surface area contributed by atoms with Crippen LogP contribution in [-0.2, 0) is 4.74 Å². The Labute approximate surface area is 54.8 Å². The van der Waals surface area contributed by atoms with Gasteiger partial charge < -0.3 is 15.6 Å². The van der Waals surface area contributed by atoms with E-state index in [1.165, 1.54) is 0 Å². The minimum Gasteiger partial charge on any atom is -0.394 e. The zero-order chi connectivity index (χ0) is 6.69. The van der Waals surface area contributed by atoms with Crippen LogP contribution >= 0.6 is 0 Å². The summed E-state index contributed by atoms with van der Waals surface area (Å²) in [5.41, 5.74) is 5.55. The minimum atomic E-state index is 0.0461. The lowest BCUT2D eigenvalue weighted by Crippen LogP contribution is -2.36. The van der Waals surface area contributed by atoms with E-state index < -0.39 is 0 Å². The molecule has 1 fully saturated rings. The molecule has 0 aromatic heterocycles. The SMILES string of the molecule is N[C@@H]1CC[C@H](CO)OC1. The van der Waals surface area contributed by atoms with Gasteiger partial charge in [0.05, 0.1) is 19.3 Å². The van der Waals surface area contributed by atoms with Crippen LogP contribution in [-0.4, -0.2) is 30.5 Å². The first kappa shape index (κ1) is 6.99. The van der Waals surface area contributed by atoms with Crippen molar-refractivity contribution in [3.8, 4) is 0 Å². The van der Waals surface area contributed by atoms with Crippen molar-refractivity contribution in [2.45, 2.75) is 25.0 Å². The molecule has 0 unspecified atom stereocenters. The Balaban J connectivity index is 2.18. The second-order valence-corrected chi connectivity index (χ2v) is 2.48. The van der Waals surface area contributed by atoms with E-state index in [9.17, 15) is 0 Å². The molecule has 3 nitrogen and oxygen atoms in total. The van der Waals surface area contributed by atoms with Gasteiger partial charge in [0.15, 0.2) is 0 Å². The molecule has 2 atom stereocenters. The summed E-state index contributed by atoms with van der Waals surface area (Å²) in [5.74, 6) is 0. The van der Waals surface area contributed by atoms with Crippen LogP contribution in [0.25, 0.3) is 0 Å². The quantitative estimate of drug-likeness (QED) is 0.503. The summed E-state index contributed by atoms with van der Waals surface area (Å²) in [5, 5.41) is 8.61. The maximum Gasteiger partial charge on any atom is 0.0807 e. The Morgan fingerprint density at radius 1 is 1.56 bits per heavy atom. The summed E-state index contributed by atoms with van der Waals surface area (Å²) >= 11 is 0. The van der Waals surface area contributed by atoms with E-state index in [1.807, 2.05) is 0 Å². The third-order valence-corrected chi connectivity index (χ3v) is 1.61. The molecule has 0 spiro atoms. The summed E-state index contributed by atoms with van der Waals surface area (Å²) in [6.45, 7) is 0.734. The second kappa shape index (κ2) is 3.15. The van der Waals surface area contributed by atoms with Crippen molar-refractivity contribution in [1.29, 1.82) is 0 Å². The van der Waals surface area contributed by atoms with Crippen molar-refractivity contribution in [2.75, 3.05) is 13.2 Å². The largest absolute Gasteiger partial charge is 0.394 e. The Kier molecular flexibility index (Phi) is 2.45. The van der Waals surface area contributed by atoms with Crippen LogP contribution in [0.5, 0.6) is 0 Å². The van der Waals surface area contributed by atoms with Gasteiger partial charge in [-0.2, -0.15) is 0 Å². The van der Waals surface area contributed by atoms with Gasteiger partial charge in [0.1, 0.15) is 0 Å². The van der Waals surface area contributed by atoms with Gasteiger partial charge in [-0.1, -0.05) is 0 Å². The van der Waals surface area contributed by atoms with Crippen molar-refractivity contribution in [2.24, 2.45) is 5.73 Å². The van der Waals surface area contributed by atoms with Crippen LogP contribution in [0.3, 0.4) is 0 Å². The van der Waals surface area contributed by atoms with Crippen LogP contribution < -0.4 is 5.73 Å². The summed E-state index contributed by atoms with van der Waals surface area (Å²) < 4.78 is 5.16. The molecular weight excluding hydrogens is 118 g/mol. The zero-order valence-electron chi connectivity index (χ0n) is 5.42. The molecule has 0 aliphatic carbocycles. The third kappa shape index (κ3) is 1.93. The van der Waals surface area contributed by atoms with Gasteiger partial charge >= 0.3 is 0 Å². The molecule has 1 saturated heterocycles.